The lowest BCUT2D eigenvalue weighted by Crippen LogP contribution is -2.41. The average molecular weight is 496 g/mol. The third-order valence-electron chi connectivity index (χ3n) is 4.31. The predicted molar refractivity (Wildman–Crippen MR) is 122 cm³/mol. The topological polar surface area (TPSA) is 67.8 Å². The molecule has 1 aromatic carbocycles. The Balaban J connectivity index is 0.00000280. The van der Waals surface area contributed by atoms with Crippen LogP contribution in [0.4, 0.5) is 0 Å². The molecule has 0 bridgehead atoms. The van der Waals surface area contributed by atoms with Crippen LogP contribution >= 0.6 is 24.0 Å². The second-order valence-corrected chi connectivity index (χ2v) is 6.49. The van der Waals surface area contributed by atoms with E-state index in [0.29, 0.717) is 19.0 Å². The lowest BCUT2D eigenvalue weighted by molar-refractivity contribution is 0.114. The number of pyridine rings is 1. The molecule has 3 rings (SSSR count). The normalized spacial score (nSPS) is 16.3. The highest BCUT2D eigenvalue weighted by Gasteiger charge is 2.15. The Morgan fingerprint density at radius 1 is 1.21 bits per heavy atom. The molecule has 1 atom stereocenters. The van der Waals surface area contributed by atoms with Crippen LogP contribution in [0.1, 0.15) is 30.9 Å². The van der Waals surface area contributed by atoms with Gasteiger partial charge in [0.05, 0.1) is 12.6 Å². The minimum Gasteiger partial charge on any atom is -0.473 e. The van der Waals surface area contributed by atoms with Crippen LogP contribution in [-0.2, 0) is 17.9 Å². The minimum atomic E-state index is 0. The van der Waals surface area contributed by atoms with Gasteiger partial charge in [-0.25, -0.2) is 9.98 Å². The van der Waals surface area contributed by atoms with Gasteiger partial charge in [-0.2, -0.15) is 0 Å². The van der Waals surface area contributed by atoms with Crippen molar-refractivity contribution in [1.82, 2.24) is 15.6 Å². The molecular weight excluding hydrogens is 467 g/mol. The van der Waals surface area contributed by atoms with Crippen molar-refractivity contribution in [3.63, 3.8) is 0 Å². The number of ether oxygens (including phenoxy) is 2. The van der Waals surface area contributed by atoms with Crippen molar-refractivity contribution in [2.45, 2.75) is 39.0 Å². The van der Waals surface area contributed by atoms with Gasteiger partial charge in [0.25, 0.3) is 0 Å². The average Bonchev–Trinajstić information content (AvgIpc) is 3.23. The fraction of sp³-hybridized carbons (Fsp3) is 0.429. The lowest BCUT2D eigenvalue weighted by Gasteiger charge is -2.14. The van der Waals surface area contributed by atoms with Gasteiger partial charge in [0.15, 0.2) is 5.96 Å². The Labute approximate surface area is 184 Å². The van der Waals surface area contributed by atoms with Crippen LogP contribution in [0.5, 0.6) is 5.88 Å². The molecule has 2 N–H and O–H groups in total. The molecule has 1 aliphatic rings. The lowest BCUT2D eigenvalue weighted by atomic mass is 10.2. The largest absolute Gasteiger partial charge is 0.473 e. The van der Waals surface area contributed by atoms with Crippen LogP contribution in [0.3, 0.4) is 0 Å². The molecule has 0 radical (unpaired) electrons. The van der Waals surface area contributed by atoms with Crippen molar-refractivity contribution < 1.29 is 9.47 Å². The number of aromatic nitrogens is 1. The number of benzene rings is 1. The standard InChI is InChI=1S/C21H28N4O2.HI/c1-2-22-21(25-15-19-9-6-12-26-19)24-14-18-10-11-23-20(13-18)27-16-17-7-4-3-5-8-17;/h3-5,7-8,10-11,13,19H,2,6,9,12,14-16H2,1H3,(H2,22,24,25);1H. The van der Waals surface area contributed by atoms with E-state index in [1.807, 2.05) is 42.5 Å². The molecule has 1 aromatic heterocycles. The number of rotatable bonds is 8. The quantitative estimate of drug-likeness (QED) is 0.333. The second-order valence-electron chi connectivity index (χ2n) is 6.49. The molecule has 6 nitrogen and oxygen atoms in total. The molecule has 1 aliphatic heterocycles. The molecule has 1 unspecified atom stereocenters. The first-order valence-electron chi connectivity index (χ1n) is 9.59. The van der Waals surface area contributed by atoms with Gasteiger partial charge in [0.1, 0.15) is 6.61 Å². The number of nitrogens with zero attached hydrogens (tertiary/aromatic N) is 2. The van der Waals surface area contributed by atoms with Gasteiger partial charge in [-0.3, -0.25) is 0 Å². The maximum absolute atomic E-state index is 5.79. The molecule has 28 heavy (non-hydrogen) atoms. The van der Waals surface area contributed by atoms with E-state index < -0.39 is 0 Å². The summed E-state index contributed by atoms with van der Waals surface area (Å²) in [5, 5.41) is 6.64. The SMILES string of the molecule is CCNC(=NCc1ccnc(OCc2ccccc2)c1)NCC1CCCO1.I. The number of aliphatic imine (C=N–C) groups is 1. The van der Waals surface area contributed by atoms with Crippen LogP contribution in [0, 0.1) is 0 Å². The van der Waals surface area contributed by atoms with Gasteiger partial charge in [-0.1, -0.05) is 30.3 Å². The molecule has 0 amide bonds. The number of nitrogens with one attached hydrogen (secondary N) is 2. The zero-order valence-electron chi connectivity index (χ0n) is 16.3. The van der Waals surface area contributed by atoms with E-state index in [2.05, 4.69) is 27.5 Å². The van der Waals surface area contributed by atoms with Crippen molar-refractivity contribution in [2.75, 3.05) is 19.7 Å². The van der Waals surface area contributed by atoms with E-state index in [1.165, 1.54) is 0 Å². The van der Waals surface area contributed by atoms with E-state index >= 15 is 0 Å². The highest BCUT2D eigenvalue weighted by molar-refractivity contribution is 14.0. The predicted octanol–water partition coefficient (Wildman–Crippen LogP) is 3.51. The van der Waals surface area contributed by atoms with Crippen molar-refractivity contribution in [3.05, 3.63) is 59.8 Å². The van der Waals surface area contributed by atoms with Gasteiger partial charge in [-0.15, -0.1) is 24.0 Å². The highest BCUT2D eigenvalue weighted by atomic mass is 127. The van der Waals surface area contributed by atoms with E-state index in [4.69, 9.17) is 9.47 Å². The maximum atomic E-state index is 5.79. The third-order valence-corrected chi connectivity index (χ3v) is 4.31. The number of hydrogen-bond donors (Lipinski definition) is 2. The fourth-order valence-corrected chi connectivity index (χ4v) is 2.89. The molecule has 1 saturated heterocycles. The first-order valence-corrected chi connectivity index (χ1v) is 9.59. The Morgan fingerprint density at radius 3 is 2.82 bits per heavy atom. The Morgan fingerprint density at radius 2 is 2.07 bits per heavy atom. The molecule has 7 heteroatoms. The summed E-state index contributed by atoms with van der Waals surface area (Å²) in [4.78, 5) is 8.95. The summed E-state index contributed by atoms with van der Waals surface area (Å²) in [5.41, 5.74) is 2.18. The van der Waals surface area contributed by atoms with Crippen LogP contribution < -0.4 is 15.4 Å². The molecule has 0 spiro atoms. The monoisotopic (exact) mass is 496 g/mol. The van der Waals surface area contributed by atoms with Gasteiger partial charge >= 0.3 is 0 Å². The van der Waals surface area contributed by atoms with Crippen LogP contribution in [0.2, 0.25) is 0 Å². The Hall–Kier alpha value is -1.87. The van der Waals surface area contributed by atoms with Gasteiger partial charge in [0.2, 0.25) is 5.88 Å². The van der Waals surface area contributed by atoms with Gasteiger partial charge < -0.3 is 20.1 Å². The maximum Gasteiger partial charge on any atom is 0.213 e. The smallest absolute Gasteiger partial charge is 0.213 e. The summed E-state index contributed by atoms with van der Waals surface area (Å²) in [6, 6.07) is 14.0. The molecule has 0 saturated carbocycles. The van der Waals surface area contributed by atoms with Crippen molar-refractivity contribution in [2.24, 2.45) is 4.99 Å². The fourth-order valence-electron chi connectivity index (χ4n) is 2.89. The summed E-state index contributed by atoms with van der Waals surface area (Å²) in [7, 11) is 0. The molecule has 152 valence electrons. The van der Waals surface area contributed by atoms with E-state index in [1.54, 1.807) is 6.20 Å². The summed E-state index contributed by atoms with van der Waals surface area (Å²) < 4.78 is 11.4. The zero-order chi connectivity index (χ0) is 18.7. The Bertz CT molecular complexity index is 721. The Kier molecular flexibility index (Phi) is 10.1. The summed E-state index contributed by atoms with van der Waals surface area (Å²) in [6.45, 7) is 5.60. The van der Waals surface area contributed by atoms with Gasteiger partial charge in [0, 0.05) is 32.0 Å². The summed E-state index contributed by atoms with van der Waals surface area (Å²) in [6.07, 6.45) is 4.30. The van der Waals surface area contributed by atoms with Crippen LogP contribution in [-0.4, -0.2) is 36.7 Å². The van der Waals surface area contributed by atoms with E-state index in [9.17, 15) is 0 Å². The number of halogens is 1. The third kappa shape index (κ3) is 7.63. The first-order chi connectivity index (χ1) is 13.3. The number of hydrogen-bond acceptors (Lipinski definition) is 4. The summed E-state index contributed by atoms with van der Waals surface area (Å²) >= 11 is 0. The number of guanidine groups is 1. The van der Waals surface area contributed by atoms with E-state index in [0.717, 1.165) is 49.6 Å². The van der Waals surface area contributed by atoms with Gasteiger partial charge in [-0.05, 0) is 37.0 Å². The van der Waals surface area contributed by atoms with E-state index in [-0.39, 0.29) is 30.1 Å². The van der Waals surface area contributed by atoms with Crippen LogP contribution in [0.25, 0.3) is 0 Å². The second kappa shape index (κ2) is 12.6. The summed E-state index contributed by atoms with van der Waals surface area (Å²) in [5.74, 6) is 1.42. The molecule has 2 aromatic rings. The van der Waals surface area contributed by atoms with Crippen molar-refractivity contribution in [3.8, 4) is 5.88 Å². The van der Waals surface area contributed by atoms with Crippen LogP contribution in [0.15, 0.2) is 53.7 Å². The first kappa shape index (κ1) is 22.4. The molecular formula is C21H29IN4O2. The zero-order valence-corrected chi connectivity index (χ0v) is 18.6. The van der Waals surface area contributed by atoms with Crippen molar-refractivity contribution >= 4 is 29.9 Å². The molecule has 2 heterocycles. The molecule has 1 fully saturated rings. The molecule has 0 aliphatic carbocycles. The van der Waals surface area contributed by atoms with Crippen molar-refractivity contribution in [1.29, 1.82) is 0 Å². The highest BCUT2D eigenvalue weighted by Crippen LogP contribution is 2.13. The minimum absolute atomic E-state index is 0.